The average molecular weight is 141 g/mol. The van der Waals surface area contributed by atoms with Crippen LogP contribution < -0.4 is 5.32 Å². The third-order valence-electron chi connectivity index (χ3n) is 1.45. The molecule has 0 aromatic carbocycles. The highest BCUT2D eigenvalue weighted by molar-refractivity contribution is 5.87. The monoisotopic (exact) mass is 141 g/mol. The number of rotatable bonds is 1. The van der Waals surface area contributed by atoms with E-state index in [1.54, 1.807) is 0 Å². The Balaban J connectivity index is 2.53. The Morgan fingerprint density at radius 3 is 3.10 bits per heavy atom. The van der Waals surface area contributed by atoms with Crippen molar-refractivity contribution in [2.75, 3.05) is 13.7 Å². The summed E-state index contributed by atoms with van der Waals surface area (Å²) in [6.45, 7) is 0.876. The lowest BCUT2D eigenvalue weighted by atomic mass is 10.2. The lowest BCUT2D eigenvalue weighted by molar-refractivity contribution is -0.136. The Labute approximate surface area is 60.1 Å². The maximum Gasteiger partial charge on any atom is 0.353 e. The second-order valence-corrected chi connectivity index (χ2v) is 2.18. The number of allylic oxidation sites excluding steroid dienone is 1. The van der Waals surface area contributed by atoms with Crippen LogP contribution in [0, 0.1) is 0 Å². The van der Waals surface area contributed by atoms with Crippen LogP contribution in [-0.2, 0) is 9.53 Å². The van der Waals surface area contributed by atoms with E-state index in [0.717, 1.165) is 19.4 Å². The van der Waals surface area contributed by atoms with E-state index in [9.17, 15) is 4.79 Å². The molecule has 0 radical (unpaired) electrons. The van der Waals surface area contributed by atoms with Gasteiger partial charge in [-0.2, -0.15) is 0 Å². The average Bonchev–Trinajstić information content (AvgIpc) is 2.05. The number of esters is 1. The second kappa shape index (κ2) is 3.25. The van der Waals surface area contributed by atoms with Gasteiger partial charge in [0, 0.05) is 6.54 Å². The van der Waals surface area contributed by atoms with Gasteiger partial charge in [-0.1, -0.05) is 6.08 Å². The zero-order chi connectivity index (χ0) is 7.40. The first-order valence-corrected chi connectivity index (χ1v) is 3.37. The topological polar surface area (TPSA) is 38.3 Å². The molecule has 0 fully saturated rings. The van der Waals surface area contributed by atoms with Gasteiger partial charge in [-0.25, -0.2) is 4.79 Å². The van der Waals surface area contributed by atoms with Crippen molar-refractivity contribution in [1.29, 1.82) is 0 Å². The molecular weight excluding hydrogens is 130 g/mol. The second-order valence-electron chi connectivity index (χ2n) is 2.18. The third-order valence-corrected chi connectivity index (χ3v) is 1.45. The van der Waals surface area contributed by atoms with Crippen molar-refractivity contribution in [2.24, 2.45) is 0 Å². The maximum atomic E-state index is 10.8. The standard InChI is InChI=1S/C7H11NO2/c1-10-7(9)6-4-2-3-5-8-6/h4,8H,2-3,5H2,1H3. The van der Waals surface area contributed by atoms with Crippen LogP contribution in [0.2, 0.25) is 0 Å². The molecule has 3 heteroatoms. The van der Waals surface area contributed by atoms with Crippen molar-refractivity contribution in [1.82, 2.24) is 5.32 Å². The number of nitrogens with one attached hydrogen (secondary N) is 1. The lowest BCUT2D eigenvalue weighted by Gasteiger charge is -2.12. The van der Waals surface area contributed by atoms with Crippen molar-refractivity contribution in [3.8, 4) is 0 Å². The number of ether oxygens (including phenoxy) is 1. The molecule has 1 heterocycles. The minimum Gasteiger partial charge on any atom is -0.464 e. The van der Waals surface area contributed by atoms with Gasteiger partial charge in [-0.15, -0.1) is 0 Å². The maximum absolute atomic E-state index is 10.8. The Morgan fingerprint density at radius 1 is 1.80 bits per heavy atom. The molecule has 1 N–H and O–H groups in total. The molecule has 0 atom stereocenters. The number of carbonyl (C=O) groups excluding carboxylic acids is 1. The molecule has 1 aliphatic rings. The summed E-state index contributed by atoms with van der Waals surface area (Å²) in [6.07, 6.45) is 3.94. The number of hydrogen-bond acceptors (Lipinski definition) is 3. The Bertz CT molecular complexity index is 163. The van der Waals surface area contributed by atoms with Gasteiger partial charge < -0.3 is 10.1 Å². The van der Waals surface area contributed by atoms with E-state index in [-0.39, 0.29) is 5.97 Å². The summed E-state index contributed by atoms with van der Waals surface area (Å²) in [7, 11) is 1.39. The first kappa shape index (κ1) is 7.12. The van der Waals surface area contributed by atoms with E-state index >= 15 is 0 Å². The van der Waals surface area contributed by atoms with Gasteiger partial charge >= 0.3 is 5.97 Å². The SMILES string of the molecule is COC(=O)C1=CCCCN1. The van der Waals surface area contributed by atoms with E-state index in [0.29, 0.717) is 5.70 Å². The first-order chi connectivity index (χ1) is 4.84. The van der Waals surface area contributed by atoms with E-state index in [1.165, 1.54) is 7.11 Å². The summed E-state index contributed by atoms with van der Waals surface area (Å²) in [5.41, 5.74) is 0.605. The fraction of sp³-hybridized carbons (Fsp3) is 0.571. The van der Waals surface area contributed by atoms with Crippen LogP contribution in [0.4, 0.5) is 0 Å². The quantitative estimate of drug-likeness (QED) is 0.538. The van der Waals surface area contributed by atoms with Crippen molar-refractivity contribution < 1.29 is 9.53 Å². The van der Waals surface area contributed by atoms with Crippen LogP contribution in [-0.4, -0.2) is 19.6 Å². The Morgan fingerprint density at radius 2 is 2.60 bits per heavy atom. The van der Waals surface area contributed by atoms with Gasteiger partial charge in [-0.3, -0.25) is 0 Å². The molecule has 56 valence electrons. The molecule has 0 spiro atoms. The summed E-state index contributed by atoms with van der Waals surface area (Å²) in [4.78, 5) is 10.8. The van der Waals surface area contributed by atoms with Crippen LogP contribution >= 0.6 is 0 Å². The summed E-state index contributed by atoms with van der Waals surface area (Å²) in [5, 5.41) is 2.96. The van der Waals surface area contributed by atoms with E-state index < -0.39 is 0 Å². The summed E-state index contributed by atoms with van der Waals surface area (Å²) in [5.74, 6) is -0.264. The minimum atomic E-state index is -0.264. The van der Waals surface area contributed by atoms with E-state index in [1.807, 2.05) is 6.08 Å². The lowest BCUT2D eigenvalue weighted by Crippen LogP contribution is -2.25. The molecular formula is C7H11NO2. The van der Waals surface area contributed by atoms with Gasteiger partial charge in [0.15, 0.2) is 0 Å². The Hall–Kier alpha value is -0.990. The molecule has 0 amide bonds. The van der Waals surface area contributed by atoms with Crippen molar-refractivity contribution in [2.45, 2.75) is 12.8 Å². The predicted molar refractivity (Wildman–Crippen MR) is 37.3 cm³/mol. The van der Waals surface area contributed by atoms with Crippen LogP contribution in [0.3, 0.4) is 0 Å². The summed E-state index contributed by atoms with van der Waals surface area (Å²) in [6, 6.07) is 0. The zero-order valence-electron chi connectivity index (χ0n) is 6.02. The fourth-order valence-electron chi connectivity index (χ4n) is 0.909. The molecule has 0 aliphatic carbocycles. The van der Waals surface area contributed by atoms with Crippen LogP contribution in [0.15, 0.2) is 11.8 Å². The molecule has 1 rings (SSSR count). The zero-order valence-corrected chi connectivity index (χ0v) is 6.02. The number of hydrogen-bond donors (Lipinski definition) is 1. The molecule has 0 saturated heterocycles. The molecule has 3 nitrogen and oxygen atoms in total. The molecule has 10 heavy (non-hydrogen) atoms. The highest BCUT2D eigenvalue weighted by atomic mass is 16.5. The number of methoxy groups -OCH3 is 1. The highest BCUT2D eigenvalue weighted by Gasteiger charge is 2.10. The van der Waals surface area contributed by atoms with E-state index in [4.69, 9.17) is 0 Å². The van der Waals surface area contributed by atoms with Gasteiger partial charge in [0.25, 0.3) is 0 Å². The third kappa shape index (κ3) is 1.50. The molecule has 0 saturated carbocycles. The van der Waals surface area contributed by atoms with E-state index in [2.05, 4.69) is 10.1 Å². The van der Waals surface area contributed by atoms with Crippen LogP contribution in [0.1, 0.15) is 12.8 Å². The molecule has 0 unspecified atom stereocenters. The summed E-state index contributed by atoms with van der Waals surface area (Å²) < 4.78 is 4.52. The normalized spacial score (nSPS) is 17.1. The summed E-state index contributed by atoms with van der Waals surface area (Å²) >= 11 is 0. The van der Waals surface area contributed by atoms with Crippen LogP contribution in [0.5, 0.6) is 0 Å². The minimum absolute atomic E-state index is 0.264. The first-order valence-electron chi connectivity index (χ1n) is 3.37. The Kier molecular flexibility index (Phi) is 2.31. The molecule has 0 bridgehead atoms. The smallest absolute Gasteiger partial charge is 0.353 e. The van der Waals surface area contributed by atoms with Crippen molar-refractivity contribution in [3.05, 3.63) is 11.8 Å². The molecule has 0 aromatic rings. The van der Waals surface area contributed by atoms with Gasteiger partial charge in [0.05, 0.1) is 7.11 Å². The van der Waals surface area contributed by atoms with Crippen LogP contribution in [0.25, 0.3) is 0 Å². The van der Waals surface area contributed by atoms with Gasteiger partial charge in [0.1, 0.15) is 5.70 Å². The highest BCUT2D eigenvalue weighted by Crippen LogP contribution is 2.03. The molecule has 1 aliphatic heterocycles. The largest absolute Gasteiger partial charge is 0.464 e. The molecule has 0 aromatic heterocycles. The van der Waals surface area contributed by atoms with Crippen molar-refractivity contribution in [3.63, 3.8) is 0 Å². The number of carbonyl (C=O) groups is 1. The van der Waals surface area contributed by atoms with Gasteiger partial charge in [-0.05, 0) is 12.8 Å². The fourth-order valence-corrected chi connectivity index (χ4v) is 0.909. The van der Waals surface area contributed by atoms with Crippen molar-refractivity contribution >= 4 is 5.97 Å². The van der Waals surface area contributed by atoms with Gasteiger partial charge in [0.2, 0.25) is 0 Å². The predicted octanol–water partition coefficient (Wildman–Crippen LogP) is 0.427.